The van der Waals surface area contributed by atoms with Gasteiger partial charge in [0.1, 0.15) is 5.75 Å². The molecule has 0 fully saturated rings. The molecular weight excluding hydrogens is 294 g/mol. The molecule has 0 atom stereocenters. The first-order valence-corrected chi connectivity index (χ1v) is 6.35. The van der Waals surface area contributed by atoms with Gasteiger partial charge in [-0.1, -0.05) is 15.9 Å². The van der Waals surface area contributed by atoms with E-state index in [1.54, 1.807) is 13.2 Å². The summed E-state index contributed by atoms with van der Waals surface area (Å²) in [5.41, 5.74) is 2.02. The van der Waals surface area contributed by atoms with Crippen LogP contribution in [-0.2, 0) is 0 Å². The topological polar surface area (TPSA) is 47.0 Å². The van der Waals surface area contributed by atoms with Gasteiger partial charge in [0.05, 0.1) is 0 Å². The third kappa shape index (κ3) is 2.79. The number of anilines is 1. The fraction of sp³-hybridized carbons (Fsp3) is 0.231. The highest BCUT2D eigenvalue weighted by Crippen LogP contribution is 2.27. The molecule has 5 heteroatoms. The standard InChI is InChI=1S/C13H14BrN3O/c1-8-6-10(4-5-11(8)14)18-12-9(2)7-16-13(15-3)17-12/h4-7H,1-3H3,(H,15,16,17). The number of halogens is 1. The van der Waals surface area contributed by atoms with E-state index < -0.39 is 0 Å². The van der Waals surface area contributed by atoms with Crippen LogP contribution in [0.2, 0.25) is 0 Å². The highest BCUT2D eigenvalue weighted by molar-refractivity contribution is 9.10. The van der Waals surface area contributed by atoms with Crippen molar-refractivity contribution in [2.24, 2.45) is 0 Å². The fourth-order valence-electron chi connectivity index (χ4n) is 1.44. The van der Waals surface area contributed by atoms with E-state index in [1.165, 1.54) is 0 Å². The van der Waals surface area contributed by atoms with Gasteiger partial charge in [-0.25, -0.2) is 4.98 Å². The molecular formula is C13H14BrN3O. The molecule has 4 nitrogen and oxygen atoms in total. The summed E-state index contributed by atoms with van der Waals surface area (Å²) >= 11 is 3.46. The summed E-state index contributed by atoms with van der Waals surface area (Å²) < 4.78 is 6.84. The molecule has 0 spiro atoms. The first kappa shape index (κ1) is 12.8. The van der Waals surface area contributed by atoms with Crippen LogP contribution in [0.15, 0.2) is 28.9 Å². The molecule has 0 aliphatic carbocycles. The molecule has 0 aliphatic heterocycles. The van der Waals surface area contributed by atoms with Crippen LogP contribution in [0.25, 0.3) is 0 Å². The molecule has 0 radical (unpaired) electrons. The van der Waals surface area contributed by atoms with E-state index >= 15 is 0 Å². The van der Waals surface area contributed by atoms with Crippen LogP contribution in [0.5, 0.6) is 11.6 Å². The Labute approximate surface area is 115 Å². The summed E-state index contributed by atoms with van der Waals surface area (Å²) in [7, 11) is 1.78. The van der Waals surface area contributed by atoms with Gasteiger partial charge in [0, 0.05) is 23.3 Å². The molecule has 18 heavy (non-hydrogen) atoms. The molecule has 2 rings (SSSR count). The van der Waals surface area contributed by atoms with E-state index in [0.29, 0.717) is 11.8 Å². The number of ether oxygens (including phenoxy) is 1. The van der Waals surface area contributed by atoms with Crippen molar-refractivity contribution >= 4 is 21.9 Å². The van der Waals surface area contributed by atoms with Crippen LogP contribution in [0.4, 0.5) is 5.95 Å². The zero-order valence-corrected chi connectivity index (χ0v) is 12.1. The number of hydrogen-bond acceptors (Lipinski definition) is 4. The maximum atomic E-state index is 5.78. The minimum Gasteiger partial charge on any atom is -0.439 e. The number of aryl methyl sites for hydroxylation is 2. The molecule has 1 heterocycles. The van der Waals surface area contributed by atoms with Crippen LogP contribution >= 0.6 is 15.9 Å². The summed E-state index contributed by atoms with van der Waals surface area (Å²) in [6, 6.07) is 5.82. The average molecular weight is 308 g/mol. The van der Waals surface area contributed by atoms with Crippen molar-refractivity contribution in [3.8, 4) is 11.6 Å². The van der Waals surface area contributed by atoms with Crippen molar-refractivity contribution in [2.45, 2.75) is 13.8 Å². The molecule has 1 aromatic carbocycles. The van der Waals surface area contributed by atoms with E-state index in [-0.39, 0.29) is 0 Å². The molecule has 0 saturated heterocycles. The quantitative estimate of drug-likeness (QED) is 0.939. The zero-order chi connectivity index (χ0) is 13.1. The third-order valence-corrected chi connectivity index (χ3v) is 3.38. The molecule has 2 aromatic rings. The molecule has 0 bridgehead atoms. The van der Waals surface area contributed by atoms with Gasteiger partial charge in [-0.15, -0.1) is 0 Å². The number of nitrogens with zero attached hydrogens (tertiary/aromatic N) is 2. The van der Waals surface area contributed by atoms with Gasteiger partial charge in [-0.3, -0.25) is 0 Å². The van der Waals surface area contributed by atoms with Crippen LogP contribution < -0.4 is 10.1 Å². The monoisotopic (exact) mass is 307 g/mol. The van der Waals surface area contributed by atoms with Crippen molar-refractivity contribution in [2.75, 3.05) is 12.4 Å². The summed E-state index contributed by atoms with van der Waals surface area (Å²) in [5, 5.41) is 2.89. The van der Waals surface area contributed by atoms with Gasteiger partial charge in [0.25, 0.3) is 0 Å². The van der Waals surface area contributed by atoms with Gasteiger partial charge in [-0.2, -0.15) is 4.98 Å². The number of aromatic nitrogens is 2. The number of benzene rings is 1. The van der Waals surface area contributed by atoms with Crippen molar-refractivity contribution < 1.29 is 4.74 Å². The van der Waals surface area contributed by atoms with Gasteiger partial charge in [0.2, 0.25) is 11.8 Å². The van der Waals surface area contributed by atoms with E-state index in [0.717, 1.165) is 21.3 Å². The van der Waals surface area contributed by atoms with E-state index in [9.17, 15) is 0 Å². The first-order valence-electron chi connectivity index (χ1n) is 5.55. The van der Waals surface area contributed by atoms with Crippen LogP contribution in [0.3, 0.4) is 0 Å². The zero-order valence-electron chi connectivity index (χ0n) is 10.5. The number of nitrogens with one attached hydrogen (secondary N) is 1. The molecule has 0 amide bonds. The van der Waals surface area contributed by atoms with Crippen molar-refractivity contribution in [3.05, 3.63) is 40.0 Å². The van der Waals surface area contributed by atoms with Crippen LogP contribution in [-0.4, -0.2) is 17.0 Å². The predicted octanol–water partition coefficient (Wildman–Crippen LogP) is 3.69. The van der Waals surface area contributed by atoms with E-state index in [1.807, 2.05) is 32.0 Å². The Kier molecular flexibility index (Phi) is 3.81. The lowest BCUT2D eigenvalue weighted by Gasteiger charge is -2.09. The van der Waals surface area contributed by atoms with Crippen LogP contribution in [0, 0.1) is 13.8 Å². The molecule has 1 aromatic heterocycles. The molecule has 0 aliphatic rings. The lowest BCUT2D eigenvalue weighted by Crippen LogP contribution is -1.99. The van der Waals surface area contributed by atoms with E-state index in [2.05, 4.69) is 31.2 Å². The van der Waals surface area contributed by atoms with Crippen molar-refractivity contribution in [1.29, 1.82) is 0 Å². The molecule has 0 unspecified atom stereocenters. The smallest absolute Gasteiger partial charge is 0.226 e. The van der Waals surface area contributed by atoms with Gasteiger partial charge >= 0.3 is 0 Å². The number of hydrogen-bond donors (Lipinski definition) is 1. The highest BCUT2D eigenvalue weighted by Gasteiger charge is 2.06. The number of rotatable bonds is 3. The molecule has 94 valence electrons. The molecule has 0 saturated carbocycles. The Morgan fingerprint density at radius 2 is 2.00 bits per heavy atom. The molecule has 1 N–H and O–H groups in total. The largest absolute Gasteiger partial charge is 0.439 e. The Bertz CT molecular complexity index is 572. The lowest BCUT2D eigenvalue weighted by molar-refractivity contribution is 0.458. The summed E-state index contributed by atoms with van der Waals surface area (Å²) in [6.45, 7) is 3.93. The van der Waals surface area contributed by atoms with Gasteiger partial charge < -0.3 is 10.1 Å². The third-order valence-electron chi connectivity index (χ3n) is 2.49. The first-order chi connectivity index (χ1) is 8.60. The van der Waals surface area contributed by atoms with Crippen LogP contribution in [0.1, 0.15) is 11.1 Å². The Morgan fingerprint density at radius 1 is 1.22 bits per heavy atom. The Morgan fingerprint density at radius 3 is 2.67 bits per heavy atom. The normalized spacial score (nSPS) is 10.2. The minimum absolute atomic E-state index is 0.546. The Hall–Kier alpha value is -1.62. The second-order valence-electron chi connectivity index (χ2n) is 3.94. The Balaban J connectivity index is 2.30. The maximum absolute atomic E-state index is 5.78. The SMILES string of the molecule is CNc1ncc(C)c(Oc2ccc(Br)c(C)c2)n1. The minimum atomic E-state index is 0.546. The lowest BCUT2D eigenvalue weighted by atomic mass is 10.2. The van der Waals surface area contributed by atoms with E-state index in [4.69, 9.17) is 4.74 Å². The van der Waals surface area contributed by atoms with Crippen molar-refractivity contribution in [1.82, 2.24) is 9.97 Å². The second-order valence-corrected chi connectivity index (χ2v) is 4.80. The second kappa shape index (κ2) is 5.35. The predicted molar refractivity (Wildman–Crippen MR) is 75.3 cm³/mol. The maximum Gasteiger partial charge on any atom is 0.226 e. The highest BCUT2D eigenvalue weighted by atomic mass is 79.9. The van der Waals surface area contributed by atoms with Gasteiger partial charge in [0.15, 0.2) is 0 Å². The summed E-state index contributed by atoms with van der Waals surface area (Å²) in [4.78, 5) is 8.40. The summed E-state index contributed by atoms with van der Waals surface area (Å²) in [5.74, 6) is 1.88. The van der Waals surface area contributed by atoms with Crippen molar-refractivity contribution in [3.63, 3.8) is 0 Å². The summed E-state index contributed by atoms with van der Waals surface area (Å²) in [6.07, 6.45) is 1.74. The van der Waals surface area contributed by atoms with Gasteiger partial charge in [-0.05, 0) is 37.6 Å². The fourth-order valence-corrected chi connectivity index (χ4v) is 1.69. The average Bonchev–Trinajstić information content (AvgIpc) is 2.36.